The number of nitriles is 1. The number of hydrogen-bond donors (Lipinski definition) is 1. The van der Waals surface area contributed by atoms with Crippen LogP contribution in [0, 0.1) is 17.1 Å². The molecule has 0 aliphatic carbocycles. The predicted molar refractivity (Wildman–Crippen MR) is 109 cm³/mol. The van der Waals surface area contributed by atoms with Crippen molar-refractivity contribution >= 4 is 23.1 Å². The number of aliphatic hydroxyl groups excluding tert-OH is 1. The average molecular weight is 398 g/mol. The number of rotatable bonds is 3. The second kappa shape index (κ2) is 7.64. The highest BCUT2D eigenvalue weighted by Gasteiger charge is 2.46. The Bertz CT molecular complexity index is 1190. The van der Waals surface area contributed by atoms with Gasteiger partial charge in [0.25, 0.3) is 11.7 Å². The highest BCUT2D eigenvalue weighted by Crippen LogP contribution is 2.42. The van der Waals surface area contributed by atoms with Gasteiger partial charge in [0.05, 0.1) is 23.2 Å². The van der Waals surface area contributed by atoms with E-state index in [2.05, 4.69) is 0 Å². The maximum Gasteiger partial charge on any atom is 0.300 e. The summed E-state index contributed by atoms with van der Waals surface area (Å²) in [6, 6.07) is 21.1. The molecule has 3 aromatic rings. The van der Waals surface area contributed by atoms with E-state index in [0.29, 0.717) is 22.4 Å². The second-order valence-electron chi connectivity index (χ2n) is 6.75. The summed E-state index contributed by atoms with van der Waals surface area (Å²) in [7, 11) is 0. The van der Waals surface area contributed by atoms with Gasteiger partial charge < -0.3 is 5.11 Å². The van der Waals surface area contributed by atoms with E-state index in [1.54, 1.807) is 42.5 Å². The summed E-state index contributed by atoms with van der Waals surface area (Å²) in [5.41, 5.74) is 1.57. The van der Waals surface area contributed by atoms with Crippen molar-refractivity contribution in [3.63, 3.8) is 0 Å². The number of anilines is 1. The van der Waals surface area contributed by atoms with Crippen LogP contribution < -0.4 is 4.90 Å². The third-order valence-corrected chi connectivity index (χ3v) is 4.95. The molecule has 0 radical (unpaired) electrons. The average Bonchev–Trinajstić information content (AvgIpc) is 3.05. The first-order valence-electron chi connectivity index (χ1n) is 9.13. The zero-order valence-corrected chi connectivity index (χ0v) is 15.6. The van der Waals surface area contributed by atoms with Gasteiger partial charge in [-0.2, -0.15) is 5.26 Å². The number of nitrogens with zero attached hydrogens (tertiary/aromatic N) is 2. The summed E-state index contributed by atoms with van der Waals surface area (Å²) in [4.78, 5) is 27.1. The number of carbonyl (C=O) groups excluding carboxylic acids is 2. The maximum absolute atomic E-state index is 13.5. The van der Waals surface area contributed by atoms with E-state index in [0.717, 1.165) is 0 Å². The zero-order valence-electron chi connectivity index (χ0n) is 15.6. The largest absolute Gasteiger partial charge is 0.507 e. The summed E-state index contributed by atoms with van der Waals surface area (Å²) in [6.45, 7) is 0. The molecular formula is C24H15FN2O3. The van der Waals surface area contributed by atoms with E-state index in [9.17, 15) is 19.1 Å². The van der Waals surface area contributed by atoms with Gasteiger partial charge in [-0.3, -0.25) is 14.5 Å². The fourth-order valence-corrected chi connectivity index (χ4v) is 3.51. The summed E-state index contributed by atoms with van der Waals surface area (Å²) in [6.07, 6.45) is 0. The fourth-order valence-electron chi connectivity index (χ4n) is 3.51. The number of hydrogen-bond acceptors (Lipinski definition) is 4. The molecule has 1 fully saturated rings. The van der Waals surface area contributed by atoms with E-state index in [1.807, 2.05) is 6.07 Å². The lowest BCUT2D eigenvalue weighted by molar-refractivity contribution is -0.132. The minimum absolute atomic E-state index is 0.0813. The van der Waals surface area contributed by atoms with Gasteiger partial charge in [-0.25, -0.2) is 4.39 Å². The minimum Gasteiger partial charge on any atom is -0.507 e. The molecule has 1 aliphatic rings. The lowest BCUT2D eigenvalue weighted by Gasteiger charge is -2.25. The molecule has 0 bridgehead atoms. The summed E-state index contributed by atoms with van der Waals surface area (Å²) in [5, 5.41) is 19.9. The lowest BCUT2D eigenvalue weighted by Crippen LogP contribution is -2.29. The molecule has 0 aromatic heterocycles. The molecule has 1 N–H and O–H groups in total. The Balaban J connectivity index is 1.93. The predicted octanol–water partition coefficient (Wildman–Crippen LogP) is 4.32. The van der Waals surface area contributed by atoms with E-state index in [-0.39, 0.29) is 11.3 Å². The van der Waals surface area contributed by atoms with Crippen molar-refractivity contribution in [3.8, 4) is 6.07 Å². The Morgan fingerprint density at radius 1 is 0.933 bits per heavy atom. The number of aliphatic hydroxyl groups is 1. The van der Waals surface area contributed by atoms with Crippen LogP contribution in [0.4, 0.5) is 10.1 Å². The van der Waals surface area contributed by atoms with Crippen LogP contribution in [0.15, 0.2) is 84.4 Å². The van der Waals surface area contributed by atoms with Crippen LogP contribution in [0.3, 0.4) is 0 Å². The molecule has 30 heavy (non-hydrogen) atoms. The summed E-state index contributed by atoms with van der Waals surface area (Å²) in [5.74, 6) is -2.42. The molecular weight excluding hydrogens is 383 g/mol. The maximum atomic E-state index is 13.5. The first-order chi connectivity index (χ1) is 14.5. The first-order valence-corrected chi connectivity index (χ1v) is 9.13. The van der Waals surface area contributed by atoms with Gasteiger partial charge in [0.2, 0.25) is 0 Å². The highest BCUT2D eigenvalue weighted by atomic mass is 19.1. The number of amides is 1. The standard InChI is InChI=1S/C24H15FN2O3/c25-18-10-8-16(9-11-18)21-20(22(28)17-4-2-1-3-5-17)23(29)24(30)27(21)19-12-6-15(14-26)7-13-19/h1-13,21,28H/b22-20+. The van der Waals surface area contributed by atoms with Crippen molar-refractivity contribution in [2.45, 2.75) is 6.04 Å². The van der Waals surface area contributed by atoms with Gasteiger partial charge in [0.15, 0.2) is 0 Å². The van der Waals surface area contributed by atoms with Crippen molar-refractivity contribution in [3.05, 3.63) is 107 Å². The van der Waals surface area contributed by atoms with Gasteiger partial charge in [0, 0.05) is 11.3 Å². The van der Waals surface area contributed by atoms with Crippen molar-refractivity contribution in [2.75, 3.05) is 4.90 Å². The quantitative estimate of drug-likeness (QED) is 0.405. The smallest absolute Gasteiger partial charge is 0.300 e. The van der Waals surface area contributed by atoms with Crippen molar-refractivity contribution in [2.24, 2.45) is 0 Å². The van der Waals surface area contributed by atoms with Crippen molar-refractivity contribution < 1.29 is 19.1 Å². The molecule has 4 rings (SSSR count). The van der Waals surface area contributed by atoms with Crippen LogP contribution >= 0.6 is 0 Å². The Labute approximate surface area is 171 Å². The van der Waals surface area contributed by atoms with Crippen LogP contribution in [0.1, 0.15) is 22.7 Å². The molecule has 1 heterocycles. The fraction of sp³-hybridized carbons (Fsp3) is 0.0417. The van der Waals surface area contributed by atoms with E-state index in [1.165, 1.54) is 41.3 Å². The van der Waals surface area contributed by atoms with Crippen LogP contribution in [-0.2, 0) is 9.59 Å². The Kier molecular flexibility index (Phi) is 4.87. The zero-order chi connectivity index (χ0) is 21.3. The van der Waals surface area contributed by atoms with E-state index in [4.69, 9.17) is 5.26 Å². The SMILES string of the molecule is N#Cc1ccc(N2C(=O)C(=O)/C(=C(/O)c3ccccc3)C2c2ccc(F)cc2)cc1. The van der Waals surface area contributed by atoms with Gasteiger partial charge in [0.1, 0.15) is 11.6 Å². The molecule has 1 aliphatic heterocycles. The third-order valence-electron chi connectivity index (χ3n) is 4.95. The van der Waals surface area contributed by atoms with Gasteiger partial charge in [-0.1, -0.05) is 42.5 Å². The monoisotopic (exact) mass is 398 g/mol. The number of halogens is 1. The van der Waals surface area contributed by atoms with E-state index >= 15 is 0 Å². The Hall–Kier alpha value is -4.24. The Morgan fingerprint density at radius 2 is 1.57 bits per heavy atom. The molecule has 0 spiro atoms. The van der Waals surface area contributed by atoms with Crippen LogP contribution in [0.2, 0.25) is 0 Å². The molecule has 1 unspecified atom stereocenters. The molecule has 1 saturated heterocycles. The van der Waals surface area contributed by atoms with E-state index < -0.39 is 23.5 Å². The highest BCUT2D eigenvalue weighted by molar-refractivity contribution is 6.51. The number of benzene rings is 3. The minimum atomic E-state index is -0.946. The molecule has 0 saturated carbocycles. The molecule has 1 amide bonds. The molecule has 3 aromatic carbocycles. The first kappa shape index (κ1) is 19.1. The Morgan fingerprint density at radius 3 is 2.17 bits per heavy atom. The van der Waals surface area contributed by atoms with Gasteiger partial charge in [-0.05, 0) is 42.0 Å². The van der Waals surface area contributed by atoms with Crippen LogP contribution in [0.5, 0.6) is 0 Å². The van der Waals surface area contributed by atoms with Crippen LogP contribution in [0.25, 0.3) is 5.76 Å². The molecule has 5 nitrogen and oxygen atoms in total. The molecule has 1 atom stereocenters. The van der Waals surface area contributed by atoms with Crippen molar-refractivity contribution in [1.29, 1.82) is 5.26 Å². The molecule has 146 valence electrons. The number of carbonyl (C=O) groups is 2. The van der Waals surface area contributed by atoms with Gasteiger partial charge in [-0.15, -0.1) is 0 Å². The second-order valence-corrected chi connectivity index (χ2v) is 6.75. The lowest BCUT2D eigenvalue weighted by atomic mass is 9.95. The number of Topliss-reactive ketones (excluding diaryl/α,β-unsaturated/α-hetero) is 1. The summed E-state index contributed by atoms with van der Waals surface area (Å²) >= 11 is 0. The van der Waals surface area contributed by atoms with Gasteiger partial charge >= 0.3 is 0 Å². The topological polar surface area (TPSA) is 81.4 Å². The van der Waals surface area contributed by atoms with Crippen molar-refractivity contribution in [1.82, 2.24) is 0 Å². The number of ketones is 1. The normalized spacial score (nSPS) is 17.7. The molecule has 6 heteroatoms. The summed E-state index contributed by atoms with van der Waals surface area (Å²) < 4.78 is 13.5. The van der Waals surface area contributed by atoms with Crippen LogP contribution in [-0.4, -0.2) is 16.8 Å². The third kappa shape index (κ3) is 3.23.